The van der Waals surface area contributed by atoms with Crippen molar-refractivity contribution in [3.05, 3.63) is 71.8 Å². The molecule has 7 heteroatoms. The molecule has 26 heavy (non-hydrogen) atoms. The molecular weight excluding hydrogens is 334 g/mol. The van der Waals surface area contributed by atoms with Crippen molar-refractivity contribution in [3.63, 3.8) is 0 Å². The van der Waals surface area contributed by atoms with E-state index in [9.17, 15) is 4.79 Å². The number of benzene rings is 1. The highest BCUT2D eigenvalue weighted by atomic mass is 16.6. The van der Waals surface area contributed by atoms with Crippen LogP contribution in [-0.4, -0.2) is 22.7 Å². The van der Waals surface area contributed by atoms with Gasteiger partial charge >= 0.3 is 0 Å². The minimum Gasteiger partial charge on any atom is -0.469 e. The van der Waals surface area contributed by atoms with Crippen LogP contribution < -0.4 is 5.48 Å². The third kappa shape index (κ3) is 5.03. The Labute approximate surface area is 151 Å². The SMILES string of the molecule is Cc1nnc(C(CC(=O)NOCCCc2ccco2)c2ccccc2)o1. The highest BCUT2D eigenvalue weighted by molar-refractivity contribution is 5.76. The number of nitrogens with one attached hydrogen (secondary N) is 1. The van der Waals surface area contributed by atoms with Crippen LogP contribution in [0, 0.1) is 6.92 Å². The predicted octanol–water partition coefficient (Wildman–Crippen LogP) is 3.17. The number of rotatable bonds is 9. The standard InChI is InChI=1S/C19H21N3O4/c1-14-20-21-19(26-14)17(15-7-3-2-4-8-15)13-18(23)22-25-12-6-10-16-9-5-11-24-16/h2-5,7-9,11,17H,6,10,12-13H2,1H3,(H,22,23). The van der Waals surface area contributed by atoms with E-state index in [1.165, 1.54) is 0 Å². The van der Waals surface area contributed by atoms with Crippen LogP contribution in [0.2, 0.25) is 0 Å². The van der Waals surface area contributed by atoms with Crippen molar-refractivity contribution in [1.82, 2.24) is 15.7 Å². The Morgan fingerprint density at radius 1 is 1.19 bits per heavy atom. The van der Waals surface area contributed by atoms with Gasteiger partial charge in [0.1, 0.15) is 5.76 Å². The largest absolute Gasteiger partial charge is 0.469 e. The maximum Gasteiger partial charge on any atom is 0.244 e. The number of aromatic nitrogens is 2. The van der Waals surface area contributed by atoms with Crippen LogP contribution in [0.25, 0.3) is 0 Å². The van der Waals surface area contributed by atoms with E-state index in [0.717, 1.165) is 24.2 Å². The maximum absolute atomic E-state index is 12.3. The van der Waals surface area contributed by atoms with Gasteiger partial charge < -0.3 is 8.83 Å². The zero-order valence-electron chi connectivity index (χ0n) is 14.6. The molecule has 0 radical (unpaired) electrons. The third-order valence-electron chi connectivity index (χ3n) is 3.87. The molecule has 1 aromatic carbocycles. The Bertz CT molecular complexity index is 799. The molecule has 0 bridgehead atoms. The van der Waals surface area contributed by atoms with Gasteiger partial charge in [0.05, 0.1) is 18.8 Å². The fourth-order valence-electron chi connectivity index (χ4n) is 2.62. The first-order chi connectivity index (χ1) is 12.7. The zero-order valence-corrected chi connectivity index (χ0v) is 14.6. The summed E-state index contributed by atoms with van der Waals surface area (Å²) in [5.74, 6) is 1.23. The van der Waals surface area contributed by atoms with E-state index in [1.807, 2.05) is 42.5 Å². The summed E-state index contributed by atoms with van der Waals surface area (Å²) in [5, 5.41) is 7.93. The molecule has 1 N–H and O–H groups in total. The summed E-state index contributed by atoms with van der Waals surface area (Å²) in [6, 6.07) is 13.4. The number of hydrogen-bond acceptors (Lipinski definition) is 6. The number of carbonyl (C=O) groups excluding carboxylic acids is 1. The number of amides is 1. The summed E-state index contributed by atoms with van der Waals surface area (Å²) >= 11 is 0. The van der Waals surface area contributed by atoms with Gasteiger partial charge in [-0.3, -0.25) is 9.63 Å². The lowest BCUT2D eigenvalue weighted by molar-refractivity contribution is -0.134. The molecule has 7 nitrogen and oxygen atoms in total. The molecule has 3 aromatic rings. The van der Waals surface area contributed by atoms with Gasteiger partial charge in [0, 0.05) is 19.8 Å². The first-order valence-electron chi connectivity index (χ1n) is 8.50. The highest BCUT2D eigenvalue weighted by Crippen LogP contribution is 2.26. The summed E-state index contributed by atoms with van der Waals surface area (Å²) in [4.78, 5) is 17.5. The molecular formula is C19H21N3O4. The van der Waals surface area contributed by atoms with Gasteiger partial charge in [0.2, 0.25) is 17.7 Å². The monoisotopic (exact) mass is 355 g/mol. The van der Waals surface area contributed by atoms with Gasteiger partial charge in [-0.15, -0.1) is 10.2 Å². The number of aryl methyl sites for hydroxylation is 2. The lowest BCUT2D eigenvalue weighted by Gasteiger charge is -2.13. The lowest BCUT2D eigenvalue weighted by Crippen LogP contribution is -2.26. The Morgan fingerprint density at radius 2 is 2.04 bits per heavy atom. The van der Waals surface area contributed by atoms with Crippen LogP contribution in [0.3, 0.4) is 0 Å². The molecule has 0 aliphatic rings. The van der Waals surface area contributed by atoms with Crippen molar-refractivity contribution in [2.24, 2.45) is 0 Å². The second-order valence-corrected chi connectivity index (χ2v) is 5.88. The molecule has 0 aliphatic carbocycles. The Balaban J connectivity index is 1.51. The van der Waals surface area contributed by atoms with Crippen molar-refractivity contribution in [2.75, 3.05) is 6.61 Å². The number of carbonyl (C=O) groups is 1. The number of nitrogens with zero attached hydrogens (tertiary/aromatic N) is 2. The predicted molar refractivity (Wildman–Crippen MR) is 93.1 cm³/mol. The van der Waals surface area contributed by atoms with Crippen LogP contribution in [-0.2, 0) is 16.1 Å². The first-order valence-corrected chi connectivity index (χ1v) is 8.50. The van der Waals surface area contributed by atoms with E-state index in [0.29, 0.717) is 18.4 Å². The molecule has 3 rings (SSSR count). The fourth-order valence-corrected chi connectivity index (χ4v) is 2.62. The van der Waals surface area contributed by atoms with Crippen molar-refractivity contribution in [1.29, 1.82) is 0 Å². The second kappa shape index (κ2) is 8.96. The Morgan fingerprint density at radius 3 is 2.73 bits per heavy atom. The van der Waals surface area contributed by atoms with Crippen molar-refractivity contribution in [2.45, 2.75) is 32.1 Å². The average Bonchev–Trinajstić information content (AvgIpc) is 3.32. The molecule has 1 amide bonds. The number of furan rings is 1. The van der Waals surface area contributed by atoms with Crippen molar-refractivity contribution < 1.29 is 18.5 Å². The van der Waals surface area contributed by atoms with E-state index in [-0.39, 0.29) is 18.2 Å². The van der Waals surface area contributed by atoms with Gasteiger partial charge in [-0.25, -0.2) is 5.48 Å². The second-order valence-electron chi connectivity index (χ2n) is 5.88. The average molecular weight is 355 g/mol. The smallest absolute Gasteiger partial charge is 0.244 e. The highest BCUT2D eigenvalue weighted by Gasteiger charge is 2.23. The molecule has 1 atom stereocenters. The van der Waals surface area contributed by atoms with E-state index in [1.54, 1.807) is 13.2 Å². The van der Waals surface area contributed by atoms with E-state index in [4.69, 9.17) is 13.7 Å². The summed E-state index contributed by atoms with van der Waals surface area (Å²) in [5.41, 5.74) is 3.41. The van der Waals surface area contributed by atoms with Crippen LogP contribution in [0.15, 0.2) is 57.6 Å². The van der Waals surface area contributed by atoms with E-state index < -0.39 is 0 Å². The Hall–Kier alpha value is -2.93. The van der Waals surface area contributed by atoms with Crippen molar-refractivity contribution in [3.8, 4) is 0 Å². The molecule has 0 aliphatic heterocycles. The molecule has 0 spiro atoms. The topological polar surface area (TPSA) is 90.4 Å². The van der Waals surface area contributed by atoms with Crippen LogP contribution in [0.5, 0.6) is 0 Å². The molecule has 0 saturated heterocycles. The van der Waals surface area contributed by atoms with Gasteiger partial charge in [-0.05, 0) is 24.1 Å². The van der Waals surface area contributed by atoms with E-state index >= 15 is 0 Å². The molecule has 1 unspecified atom stereocenters. The number of hydrogen-bond donors (Lipinski definition) is 1. The summed E-state index contributed by atoms with van der Waals surface area (Å²) in [6.45, 7) is 2.13. The lowest BCUT2D eigenvalue weighted by atomic mass is 9.95. The van der Waals surface area contributed by atoms with E-state index in [2.05, 4.69) is 15.7 Å². The van der Waals surface area contributed by atoms with Crippen LogP contribution >= 0.6 is 0 Å². The van der Waals surface area contributed by atoms with Crippen molar-refractivity contribution >= 4 is 5.91 Å². The quantitative estimate of drug-likeness (QED) is 0.468. The maximum atomic E-state index is 12.3. The fraction of sp³-hybridized carbons (Fsp3) is 0.316. The normalized spacial score (nSPS) is 12.0. The molecule has 0 saturated carbocycles. The zero-order chi connectivity index (χ0) is 18.2. The van der Waals surface area contributed by atoms with Gasteiger partial charge in [-0.1, -0.05) is 30.3 Å². The van der Waals surface area contributed by atoms with Gasteiger partial charge in [-0.2, -0.15) is 0 Å². The summed E-state index contributed by atoms with van der Waals surface area (Å²) in [6.07, 6.45) is 3.31. The minimum absolute atomic E-state index is 0.157. The van der Waals surface area contributed by atoms with Crippen LogP contribution in [0.4, 0.5) is 0 Å². The molecule has 2 heterocycles. The third-order valence-corrected chi connectivity index (χ3v) is 3.87. The number of hydroxylamine groups is 1. The summed E-state index contributed by atoms with van der Waals surface area (Å²) < 4.78 is 10.8. The first kappa shape index (κ1) is 17.9. The van der Waals surface area contributed by atoms with Gasteiger partial charge in [0.25, 0.3) is 0 Å². The molecule has 2 aromatic heterocycles. The molecule has 0 fully saturated rings. The minimum atomic E-state index is -0.316. The van der Waals surface area contributed by atoms with Gasteiger partial charge in [0.15, 0.2) is 0 Å². The van der Waals surface area contributed by atoms with Crippen LogP contribution in [0.1, 0.15) is 41.9 Å². The molecule has 136 valence electrons. The Kier molecular flexibility index (Phi) is 6.16. The summed E-state index contributed by atoms with van der Waals surface area (Å²) in [7, 11) is 0.